The number of nitrogens with zero attached hydrogens (tertiary/aromatic N) is 1. The second kappa shape index (κ2) is 6.09. The van der Waals surface area contributed by atoms with Gasteiger partial charge < -0.3 is 11.1 Å². The summed E-state index contributed by atoms with van der Waals surface area (Å²) in [5.74, 6) is -0.450. The zero-order valence-electron chi connectivity index (χ0n) is 10.6. The van der Waals surface area contributed by atoms with Crippen LogP contribution in [0.1, 0.15) is 21.5 Å². The number of carbonyl (C=O) groups is 1. The third-order valence-electron chi connectivity index (χ3n) is 2.82. The van der Waals surface area contributed by atoms with Crippen molar-refractivity contribution >= 4 is 23.2 Å². The molecule has 5 heteroatoms. The Kier molecular flexibility index (Phi) is 4.24. The van der Waals surface area contributed by atoms with Crippen molar-refractivity contribution in [2.75, 3.05) is 5.32 Å². The van der Waals surface area contributed by atoms with E-state index in [1.807, 2.05) is 12.1 Å². The van der Waals surface area contributed by atoms with Gasteiger partial charge in [-0.1, -0.05) is 23.7 Å². The average molecular weight is 286 g/mol. The molecule has 2 aromatic rings. The predicted molar refractivity (Wildman–Crippen MR) is 78.5 cm³/mol. The lowest BCUT2D eigenvalue weighted by atomic mass is 10.1. The topological polar surface area (TPSA) is 78.9 Å². The average Bonchev–Trinajstić information content (AvgIpc) is 2.46. The van der Waals surface area contributed by atoms with Crippen LogP contribution in [0, 0.1) is 11.3 Å². The smallest absolute Gasteiger partial charge is 0.248 e. The van der Waals surface area contributed by atoms with Gasteiger partial charge in [-0.25, -0.2) is 0 Å². The normalized spacial score (nSPS) is 9.80. The Labute approximate surface area is 121 Å². The monoisotopic (exact) mass is 285 g/mol. The van der Waals surface area contributed by atoms with Gasteiger partial charge in [0.15, 0.2) is 0 Å². The molecule has 0 aromatic heterocycles. The number of rotatable bonds is 4. The number of halogens is 1. The van der Waals surface area contributed by atoms with E-state index in [0.29, 0.717) is 22.7 Å². The summed E-state index contributed by atoms with van der Waals surface area (Å²) in [7, 11) is 0. The summed E-state index contributed by atoms with van der Waals surface area (Å²) < 4.78 is 0. The number of anilines is 1. The first-order chi connectivity index (χ1) is 9.60. The maximum Gasteiger partial charge on any atom is 0.248 e. The number of benzene rings is 2. The molecule has 0 spiro atoms. The number of nitriles is 1. The van der Waals surface area contributed by atoms with Gasteiger partial charge in [-0.15, -0.1) is 0 Å². The highest BCUT2D eigenvalue weighted by atomic mass is 35.5. The van der Waals surface area contributed by atoms with Crippen molar-refractivity contribution in [2.24, 2.45) is 5.73 Å². The molecule has 0 fully saturated rings. The van der Waals surface area contributed by atoms with E-state index in [4.69, 9.17) is 22.6 Å². The Morgan fingerprint density at radius 3 is 2.55 bits per heavy atom. The first-order valence-electron chi connectivity index (χ1n) is 5.92. The fourth-order valence-electron chi connectivity index (χ4n) is 1.75. The van der Waals surface area contributed by atoms with Gasteiger partial charge >= 0.3 is 0 Å². The van der Waals surface area contributed by atoms with Crippen molar-refractivity contribution in [1.29, 1.82) is 5.26 Å². The van der Waals surface area contributed by atoms with Crippen LogP contribution >= 0.6 is 11.6 Å². The summed E-state index contributed by atoms with van der Waals surface area (Å²) in [5.41, 5.74) is 7.84. The number of amides is 1. The van der Waals surface area contributed by atoms with Crippen LogP contribution in [0.2, 0.25) is 5.02 Å². The number of hydrogen-bond donors (Lipinski definition) is 2. The molecule has 0 aliphatic carbocycles. The minimum Gasteiger partial charge on any atom is -0.380 e. The summed E-state index contributed by atoms with van der Waals surface area (Å²) in [6, 6.07) is 14.2. The minimum atomic E-state index is -0.450. The highest BCUT2D eigenvalue weighted by Crippen LogP contribution is 2.20. The molecule has 0 saturated carbocycles. The molecule has 0 bridgehead atoms. The number of primary amides is 1. The van der Waals surface area contributed by atoms with Crippen molar-refractivity contribution in [3.05, 3.63) is 64.2 Å². The molecular formula is C15H12ClN3O. The SMILES string of the molecule is N#Cc1cc(Cl)ccc1NCc1ccc(C(N)=O)cc1. The fourth-order valence-corrected chi connectivity index (χ4v) is 1.92. The number of nitrogens with one attached hydrogen (secondary N) is 1. The van der Waals surface area contributed by atoms with Crippen molar-refractivity contribution in [3.8, 4) is 6.07 Å². The van der Waals surface area contributed by atoms with E-state index < -0.39 is 5.91 Å². The lowest BCUT2D eigenvalue weighted by molar-refractivity contribution is 0.100. The van der Waals surface area contributed by atoms with Crippen molar-refractivity contribution < 1.29 is 4.79 Å². The van der Waals surface area contributed by atoms with Gasteiger partial charge in [0.25, 0.3) is 0 Å². The van der Waals surface area contributed by atoms with Gasteiger partial charge in [-0.2, -0.15) is 5.26 Å². The number of carbonyl (C=O) groups excluding carboxylic acids is 1. The summed E-state index contributed by atoms with van der Waals surface area (Å²) >= 11 is 5.84. The molecule has 0 saturated heterocycles. The van der Waals surface area contributed by atoms with Gasteiger partial charge in [0, 0.05) is 17.1 Å². The molecule has 20 heavy (non-hydrogen) atoms. The van der Waals surface area contributed by atoms with E-state index in [-0.39, 0.29) is 0 Å². The molecule has 0 unspecified atom stereocenters. The molecule has 0 aliphatic rings. The number of hydrogen-bond acceptors (Lipinski definition) is 3. The van der Waals surface area contributed by atoms with Crippen molar-refractivity contribution in [1.82, 2.24) is 0 Å². The summed E-state index contributed by atoms with van der Waals surface area (Å²) in [5, 5.41) is 12.7. The predicted octanol–water partition coefficient (Wildman–Crippen LogP) is 2.92. The van der Waals surface area contributed by atoms with Crippen LogP contribution in [0.5, 0.6) is 0 Å². The van der Waals surface area contributed by atoms with Crippen LogP contribution in [0.3, 0.4) is 0 Å². The zero-order chi connectivity index (χ0) is 14.5. The van der Waals surface area contributed by atoms with E-state index in [1.54, 1.807) is 30.3 Å². The Balaban J connectivity index is 2.09. The Morgan fingerprint density at radius 1 is 1.25 bits per heavy atom. The Bertz CT molecular complexity index is 675. The van der Waals surface area contributed by atoms with E-state index in [9.17, 15) is 4.79 Å². The highest BCUT2D eigenvalue weighted by Gasteiger charge is 2.03. The highest BCUT2D eigenvalue weighted by molar-refractivity contribution is 6.30. The molecule has 0 heterocycles. The van der Waals surface area contributed by atoms with Gasteiger partial charge in [0.1, 0.15) is 6.07 Å². The molecule has 1 amide bonds. The summed E-state index contributed by atoms with van der Waals surface area (Å²) in [4.78, 5) is 11.0. The van der Waals surface area contributed by atoms with Crippen molar-refractivity contribution in [2.45, 2.75) is 6.54 Å². The van der Waals surface area contributed by atoms with Gasteiger partial charge in [-0.05, 0) is 35.9 Å². The Morgan fingerprint density at radius 2 is 1.95 bits per heavy atom. The third kappa shape index (κ3) is 3.28. The van der Waals surface area contributed by atoms with Crippen LogP contribution in [0.25, 0.3) is 0 Å². The summed E-state index contributed by atoms with van der Waals surface area (Å²) in [6.07, 6.45) is 0. The first-order valence-corrected chi connectivity index (χ1v) is 6.30. The lowest BCUT2D eigenvalue weighted by Gasteiger charge is -2.09. The summed E-state index contributed by atoms with van der Waals surface area (Å²) in [6.45, 7) is 0.537. The first kappa shape index (κ1) is 13.9. The van der Waals surface area contributed by atoms with Crippen LogP contribution in [-0.4, -0.2) is 5.91 Å². The van der Waals surface area contributed by atoms with Gasteiger partial charge in [-0.3, -0.25) is 4.79 Å². The molecule has 0 aliphatic heterocycles. The minimum absolute atomic E-state index is 0.450. The maximum atomic E-state index is 11.0. The molecule has 4 nitrogen and oxygen atoms in total. The quantitative estimate of drug-likeness (QED) is 0.906. The fraction of sp³-hybridized carbons (Fsp3) is 0.0667. The van der Waals surface area contributed by atoms with E-state index in [2.05, 4.69) is 11.4 Å². The molecule has 100 valence electrons. The van der Waals surface area contributed by atoms with E-state index >= 15 is 0 Å². The van der Waals surface area contributed by atoms with E-state index in [1.165, 1.54) is 0 Å². The molecule has 2 rings (SSSR count). The van der Waals surface area contributed by atoms with Crippen LogP contribution < -0.4 is 11.1 Å². The lowest BCUT2D eigenvalue weighted by Crippen LogP contribution is -2.10. The van der Waals surface area contributed by atoms with Crippen LogP contribution in [0.15, 0.2) is 42.5 Å². The number of nitrogens with two attached hydrogens (primary N) is 1. The van der Waals surface area contributed by atoms with Crippen LogP contribution in [0.4, 0.5) is 5.69 Å². The van der Waals surface area contributed by atoms with Crippen LogP contribution in [-0.2, 0) is 6.54 Å². The molecule has 2 aromatic carbocycles. The van der Waals surface area contributed by atoms with Gasteiger partial charge in [0.05, 0.1) is 11.3 Å². The molecule has 0 atom stereocenters. The van der Waals surface area contributed by atoms with Gasteiger partial charge in [0.2, 0.25) is 5.91 Å². The second-order valence-corrected chi connectivity index (χ2v) is 4.65. The third-order valence-corrected chi connectivity index (χ3v) is 3.06. The second-order valence-electron chi connectivity index (χ2n) is 4.22. The largest absolute Gasteiger partial charge is 0.380 e. The maximum absolute atomic E-state index is 11.0. The molecular weight excluding hydrogens is 274 g/mol. The molecule has 0 radical (unpaired) electrons. The van der Waals surface area contributed by atoms with Crippen molar-refractivity contribution in [3.63, 3.8) is 0 Å². The zero-order valence-corrected chi connectivity index (χ0v) is 11.3. The molecule has 3 N–H and O–H groups in total. The van der Waals surface area contributed by atoms with E-state index in [0.717, 1.165) is 11.3 Å². The standard InChI is InChI=1S/C15H12ClN3O/c16-13-5-6-14(12(7-13)8-17)19-9-10-1-3-11(4-2-10)15(18)20/h1-7,19H,9H2,(H2,18,20). The Hall–Kier alpha value is -2.51.